The number of ether oxygens (including phenoxy) is 1. The van der Waals surface area contributed by atoms with E-state index in [0.29, 0.717) is 24.4 Å². The number of hydrogen-bond donors (Lipinski definition) is 3. The topological polar surface area (TPSA) is 79.5 Å². The maximum Gasteiger partial charge on any atom is 0.418 e. The van der Waals surface area contributed by atoms with E-state index in [0.717, 1.165) is 18.9 Å². The molecule has 1 atom stereocenters. The molecular weight excluding hydrogens is 387 g/mol. The van der Waals surface area contributed by atoms with Gasteiger partial charge in [-0.1, -0.05) is 6.07 Å². The maximum absolute atomic E-state index is 13.4. The Morgan fingerprint density at radius 2 is 1.93 bits per heavy atom. The molecular formula is C20H28F3N3O3. The van der Waals surface area contributed by atoms with Crippen LogP contribution in [0.15, 0.2) is 18.2 Å². The van der Waals surface area contributed by atoms with Crippen LogP contribution in [0, 0.1) is 5.92 Å². The number of rotatable bonds is 9. The molecule has 1 amide bonds. The normalized spacial score (nSPS) is 15.4. The number of alkyl carbamates (subject to hydrolysis) is 1. The van der Waals surface area contributed by atoms with Gasteiger partial charge in [-0.15, -0.1) is 0 Å². The van der Waals surface area contributed by atoms with Crippen LogP contribution in [0.3, 0.4) is 0 Å². The summed E-state index contributed by atoms with van der Waals surface area (Å²) in [5.74, 6) is 0.404. The molecule has 0 aliphatic heterocycles. The van der Waals surface area contributed by atoms with Crippen LogP contribution in [0.1, 0.15) is 45.6 Å². The predicted molar refractivity (Wildman–Crippen MR) is 105 cm³/mol. The molecule has 1 aliphatic carbocycles. The lowest BCUT2D eigenvalue weighted by Crippen LogP contribution is -2.40. The zero-order valence-electron chi connectivity index (χ0n) is 16.9. The van der Waals surface area contributed by atoms with Crippen molar-refractivity contribution in [2.75, 3.05) is 23.7 Å². The van der Waals surface area contributed by atoms with Crippen molar-refractivity contribution >= 4 is 23.8 Å². The standard InChI is InChI=1S/C20H28F3N3O3/c1-19(2,3)29-18(28)26-14(12-27)9-10-24-16-6-4-5-15(20(21,22)23)17(16)25-11-13-7-8-13/h4-6,12-14,24-25H,7-11H2,1-3H3,(H,26,28). The van der Waals surface area contributed by atoms with Gasteiger partial charge in [-0.3, -0.25) is 0 Å². The fourth-order valence-corrected chi connectivity index (χ4v) is 2.69. The van der Waals surface area contributed by atoms with Crippen molar-refractivity contribution < 1.29 is 27.5 Å². The van der Waals surface area contributed by atoms with Crippen LogP contribution in [0.4, 0.5) is 29.3 Å². The number of carbonyl (C=O) groups excluding carboxylic acids is 2. The lowest BCUT2D eigenvalue weighted by molar-refractivity contribution is -0.136. The highest BCUT2D eigenvalue weighted by atomic mass is 19.4. The lowest BCUT2D eigenvalue weighted by Gasteiger charge is -2.22. The number of halogens is 3. The number of aldehydes is 1. The van der Waals surface area contributed by atoms with E-state index in [1.165, 1.54) is 6.07 Å². The van der Waals surface area contributed by atoms with E-state index in [1.54, 1.807) is 26.8 Å². The molecule has 0 radical (unpaired) electrons. The van der Waals surface area contributed by atoms with Gasteiger partial charge in [0, 0.05) is 13.1 Å². The van der Waals surface area contributed by atoms with E-state index in [4.69, 9.17) is 4.74 Å². The number of carbonyl (C=O) groups is 2. The molecule has 1 fully saturated rings. The van der Waals surface area contributed by atoms with Gasteiger partial charge in [-0.05, 0) is 58.1 Å². The summed E-state index contributed by atoms with van der Waals surface area (Å²) in [5, 5.41) is 8.30. The Balaban J connectivity index is 1.99. The smallest absolute Gasteiger partial charge is 0.418 e. The molecule has 0 saturated heterocycles. The quantitative estimate of drug-likeness (QED) is 0.520. The Hall–Kier alpha value is -2.45. The zero-order chi connectivity index (χ0) is 21.7. The fourth-order valence-electron chi connectivity index (χ4n) is 2.69. The van der Waals surface area contributed by atoms with Crippen molar-refractivity contribution in [1.29, 1.82) is 0 Å². The summed E-state index contributed by atoms with van der Waals surface area (Å²) in [5.41, 5.74) is -1.12. The Morgan fingerprint density at radius 1 is 1.24 bits per heavy atom. The van der Waals surface area contributed by atoms with E-state index < -0.39 is 29.5 Å². The molecule has 2 rings (SSSR count). The molecule has 1 aromatic rings. The molecule has 9 heteroatoms. The minimum atomic E-state index is -4.48. The molecule has 1 saturated carbocycles. The van der Waals surface area contributed by atoms with Crippen molar-refractivity contribution in [2.45, 2.75) is 57.9 Å². The van der Waals surface area contributed by atoms with Crippen LogP contribution < -0.4 is 16.0 Å². The lowest BCUT2D eigenvalue weighted by atomic mass is 10.1. The third-order valence-electron chi connectivity index (χ3n) is 4.27. The Kier molecular flexibility index (Phi) is 7.37. The highest BCUT2D eigenvalue weighted by molar-refractivity contribution is 5.74. The first-order chi connectivity index (χ1) is 13.5. The summed E-state index contributed by atoms with van der Waals surface area (Å²) in [4.78, 5) is 23.0. The summed E-state index contributed by atoms with van der Waals surface area (Å²) in [6.45, 7) is 5.78. The third-order valence-corrected chi connectivity index (χ3v) is 4.27. The van der Waals surface area contributed by atoms with E-state index in [2.05, 4.69) is 16.0 Å². The summed E-state index contributed by atoms with van der Waals surface area (Å²) in [6.07, 6.45) is -2.40. The third kappa shape index (κ3) is 7.83. The zero-order valence-corrected chi connectivity index (χ0v) is 16.9. The number of nitrogens with one attached hydrogen (secondary N) is 3. The molecule has 0 heterocycles. The van der Waals surface area contributed by atoms with Gasteiger partial charge in [0.05, 0.1) is 23.0 Å². The van der Waals surface area contributed by atoms with Gasteiger partial charge in [-0.2, -0.15) is 13.2 Å². The number of amides is 1. The van der Waals surface area contributed by atoms with Crippen LogP contribution in [-0.4, -0.2) is 37.1 Å². The van der Waals surface area contributed by atoms with Crippen LogP contribution in [0.25, 0.3) is 0 Å². The van der Waals surface area contributed by atoms with E-state index in [1.807, 2.05) is 0 Å². The van der Waals surface area contributed by atoms with Gasteiger partial charge in [0.1, 0.15) is 11.9 Å². The molecule has 0 aromatic heterocycles. The first-order valence-corrected chi connectivity index (χ1v) is 9.62. The monoisotopic (exact) mass is 415 g/mol. The van der Waals surface area contributed by atoms with Crippen molar-refractivity contribution in [3.8, 4) is 0 Å². The molecule has 0 bridgehead atoms. The van der Waals surface area contributed by atoms with Crippen molar-refractivity contribution in [3.05, 3.63) is 23.8 Å². The van der Waals surface area contributed by atoms with Crippen molar-refractivity contribution in [1.82, 2.24) is 5.32 Å². The average molecular weight is 415 g/mol. The van der Waals surface area contributed by atoms with Gasteiger partial charge < -0.3 is 25.5 Å². The van der Waals surface area contributed by atoms with Gasteiger partial charge in [-0.25, -0.2) is 4.79 Å². The summed E-state index contributed by atoms with van der Waals surface area (Å²) in [6, 6.07) is 3.12. The Morgan fingerprint density at radius 3 is 2.48 bits per heavy atom. The van der Waals surface area contributed by atoms with Gasteiger partial charge in [0.25, 0.3) is 0 Å². The van der Waals surface area contributed by atoms with Crippen LogP contribution in [-0.2, 0) is 15.7 Å². The maximum atomic E-state index is 13.4. The van der Waals surface area contributed by atoms with Gasteiger partial charge in [0.15, 0.2) is 0 Å². The molecule has 1 unspecified atom stereocenters. The number of hydrogen-bond acceptors (Lipinski definition) is 5. The van der Waals surface area contributed by atoms with E-state index in [-0.39, 0.29) is 18.7 Å². The Labute approximate surface area is 168 Å². The van der Waals surface area contributed by atoms with E-state index >= 15 is 0 Å². The molecule has 3 N–H and O–H groups in total. The average Bonchev–Trinajstić information content (AvgIpc) is 3.41. The minimum Gasteiger partial charge on any atom is -0.444 e. The first-order valence-electron chi connectivity index (χ1n) is 9.62. The largest absolute Gasteiger partial charge is 0.444 e. The van der Waals surface area contributed by atoms with E-state index in [9.17, 15) is 22.8 Å². The SMILES string of the molecule is CC(C)(C)OC(=O)NC(C=O)CCNc1cccc(C(F)(F)F)c1NCC1CC1. The highest BCUT2D eigenvalue weighted by Gasteiger charge is 2.35. The molecule has 6 nitrogen and oxygen atoms in total. The molecule has 1 aromatic carbocycles. The second-order valence-corrected chi connectivity index (χ2v) is 8.15. The number of para-hydroxylation sites is 1. The summed E-state index contributed by atoms with van der Waals surface area (Å²) < 4.78 is 45.2. The van der Waals surface area contributed by atoms with Gasteiger partial charge in [0.2, 0.25) is 0 Å². The van der Waals surface area contributed by atoms with Crippen molar-refractivity contribution in [2.24, 2.45) is 5.92 Å². The van der Waals surface area contributed by atoms with Crippen LogP contribution in [0.2, 0.25) is 0 Å². The first kappa shape index (κ1) is 22.8. The van der Waals surface area contributed by atoms with Crippen LogP contribution in [0.5, 0.6) is 0 Å². The number of alkyl halides is 3. The van der Waals surface area contributed by atoms with Crippen LogP contribution >= 0.6 is 0 Å². The molecule has 0 spiro atoms. The summed E-state index contributed by atoms with van der Waals surface area (Å²) in [7, 11) is 0. The Bertz CT molecular complexity index is 713. The molecule has 1 aliphatic rings. The highest BCUT2D eigenvalue weighted by Crippen LogP contribution is 2.40. The second-order valence-electron chi connectivity index (χ2n) is 8.15. The molecule has 162 valence electrons. The summed E-state index contributed by atoms with van der Waals surface area (Å²) >= 11 is 0. The van der Waals surface area contributed by atoms with Gasteiger partial charge >= 0.3 is 12.3 Å². The fraction of sp³-hybridized carbons (Fsp3) is 0.600. The second kappa shape index (κ2) is 9.37. The minimum absolute atomic E-state index is 0.00894. The predicted octanol–water partition coefficient (Wildman–Crippen LogP) is 4.42. The number of benzene rings is 1. The molecule has 29 heavy (non-hydrogen) atoms. The van der Waals surface area contributed by atoms with Crippen molar-refractivity contribution in [3.63, 3.8) is 0 Å². The number of anilines is 2.